The third kappa shape index (κ3) is 5.18. The van der Waals surface area contributed by atoms with Crippen LogP contribution in [-0.4, -0.2) is 4.98 Å². The van der Waals surface area contributed by atoms with Crippen LogP contribution in [0.2, 0.25) is 0 Å². The third-order valence-electron chi connectivity index (χ3n) is 10.8. The molecule has 0 fully saturated rings. The molecule has 0 bridgehead atoms. The zero-order chi connectivity index (χ0) is 36.2. The van der Waals surface area contributed by atoms with Crippen molar-refractivity contribution < 1.29 is 4.42 Å². The number of oxazole rings is 1. The molecule has 10 rings (SSSR count). The van der Waals surface area contributed by atoms with Gasteiger partial charge in [-0.3, -0.25) is 0 Å². The van der Waals surface area contributed by atoms with Gasteiger partial charge in [-0.1, -0.05) is 135 Å². The van der Waals surface area contributed by atoms with E-state index in [1.807, 2.05) is 18.2 Å². The Balaban J connectivity index is 1.29. The van der Waals surface area contributed by atoms with Crippen LogP contribution in [0.25, 0.3) is 44.5 Å². The van der Waals surface area contributed by atoms with Crippen LogP contribution in [-0.2, 0) is 5.41 Å². The van der Waals surface area contributed by atoms with Gasteiger partial charge in [-0.15, -0.1) is 0 Å². The maximum Gasteiger partial charge on any atom is 0.227 e. The lowest BCUT2D eigenvalue weighted by molar-refractivity contribution is 0.620. The van der Waals surface area contributed by atoms with Crippen molar-refractivity contribution in [2.24, 2.45) is 0 Å². The number of rotatable bonds is 7. The van der Waals surface area contributed by atoms with Crippen molar-refractivity contribution in [3.05, 3.63) is 199 Å². The van der Waals surface area contributed by atoms with E-state index < -0.39 is 0 Å². The van der Waals surface area contributed by atoms with E-state index in [9.17, 15) is 0 Å². The molecule has 4 heteroatoms. The van der Waals surface area contributed by atoms with E-state index in [-0.39, 0.29) is 5.41 Å². The summed E-state index contributed by atoms with van der Waals surface area (Å²) in [6.07, 6.45) is 0. The number of nitrogens with zero attached hydrogens (tertiary/aromatic N) is 3. The maximum atomic E-state index is 6.87. The summed E-state index contributed by atoms with van der Waals surface area (Å²) in [6, 6.07) is 66.5. The lowest BCUT2D eigenvalue weighted by Crippen LogP contribution is -2.16. The number of hydrogen-bond donors (Lipinski definition) is 0. The fourth-order valence-electron chi connectivity index (χ4n) is 8.25. The predicted octanol–water partition coefficient (Wildman–Crippen LogP) is 13.9. The first-order valence-electron chi connectivity index (χ1n) is 18.5. The molecule has 1 aliphatic carbocycles. The summed E-state index contributed by atoms with van der Waals surface area (Å²) in [4.78, 5) is 9.90. The number of aromatic nitrogens is 1. The number of hydrogen-bond acceptors (Lipinski definition) is 4. The number of benzene rings is 8. The summed E-state index contributed by atoms with van der Waals surface area (Å²) in [5, 5.41) is 2.38. The second-order valence-corrected chi connectivity index (χ2v) is 14.4. The lowest BCUT2D eigenvalue weighted by Gasteiger charge is -2.31. The molecule has 0 saturated carbocycles. The fraction of sp³-hybridized carbons (Fsp3) is 0.0600. The van der Waals surface area contributed by atoms with E-state index >= 15 is 0 Å². The monoisotopic (exact) mass is 695 g/mol. The van der Waals surface area contributed by atoms with Crippen LogP contribution < -0.4 is 9.80 Å². The summed E-state index contributed by atoms with van der Waals surface area (Å²) in [7, 11) is 0. The van der Waals surface area contributed by atoms with Crippen LogP contribution in [0.4, 0.5) is 34.1 Å². The van der Waals surface area contributed by atoms with Crippen LogP contribution in [0.3, 0.4) is 0 Å². The zero-order valence-electron chi connectivity index (χ0n) is 30.1. The molecule has 0 unspecified atom stereocenters. The van der Waals surface area contributed by atoms with Gasteiger partial charge in [0.1, 0.15) is 5.52 Å². The minimum absolute atomic E-state index is 0.158. The molecule has 9 aromatic rings. The molecular weight excluding hydrogens is 659 g/mol. The first kappa shape index (κ1) is 31.8. The first-order chi connectivity index (χ1) is 26.5. The van der Waals surface area contributed by atoms with Gasteiger partial charge in [-0.2, -0.15) is 0 Å². The van der Waals surface area contributed by atoms with Gasteiger partial charge < -0.3 is 14.2 Å². The molecule has 4 nitrogen and oxygen atoms in total. The number of anilines is 6. The van der Waals surface area contributed by atoms with E-state index in [0.717, 1.165) is 50.8 Å². The molecule has 0 amide bonds. The fourth-order valence-corrected chi connectivity index (χ4v) is 8.25. The Morgan fingerprint density at radius 3 is 1.85 bits per heavy atom. The van der Waals surface area contributed by atoms with Crippen molar-refractivity contribution in [1.29, 1.82) is 0 Å². The topological polar surface area (TPSA) is 32.5 Å². The quantitative estimate of drug-likeness (QED) is 0.166. The molecule has 1 heterocycles. The van der Waals surface area contributed by atoms with Gasteiger partial charge in [0.2, 0.25) is 5.89 Å². The van der Waals surface area contributed by atoms with E-state index in [0.29, 0.717) is 5.89 Å². The van der Waals surface area contributed by atoms with Gasteiger partial charge in [0.15, 0.2) is 5.58 Å². The Kier molecular flexibility index (Phi) is 7.44. The SMILES string of the molecule is CC1(C)c2ccccc2-c2c(N(c3ccccc3)c3cc(N(c4ccccc4)c4ccc5ccccc5c4)cc4nc(-c5ccccc5)oc34)cccc21. The summed E-state index contributed by atoms with van der Waals surface area (Å²) < 4.78 is 6.87. The van der Waals surface area contributed by atoms with Crippen LogP contribution >= 0.6 is 0 Å². The van der Waals surface area contributed by atoms with Crippen molar-refractivity contribution in [2.45, 2.75) is 19.3 Å². The molecule has 8 aromatic carbocycles. The molecule has 54 heavy (non-hydrogen) atoms. The minimum Gasteiger partial charge on any atom is -0.434 e. The highest BCUT2D eigenvalue weighted by Crippen LogP contribution is 2.55. The predicted molar refractivity (Wildman–Crippen MR) is 224 cm³/mol. The smallest absolute Gasteiger partial charge is 0.227 e. The van der Waals surface area contributed by atoms with E-state index in [2.05, 4.69) is 194 Å². The molecule has 1 aromatic heterocycles. The number of para-hydroxylation sites is 2. The molecule has 1 aliphatic rings. The molecule has 258 valence electrons. The summed E-state index contributed by atoms with van der Waals surface area (Å²) in [6.45, 7) is 4.66. The molecule has 0 N–H and O–H groups in total. The van der Waals surface area contributed by atoms with Gasteiger partial charge in [-0.05, 0) is 94.2 Å². The largest absolute Gasteiger partial charge is 0.434 e. The molecule has 0 saturated heterocycles. The highest BCUT2D eigenvalue weighted by atomic mass is 16.3. The normalized spacial score (nSPS) is 12.8. The summed E-state index contributed by atoms with van der Waals surface area (Å²) in [5.74, 6) is 0.582. The minimum atomic E-state index is -0.158. The molecule has 0 radical (unpaired) electrons. The Morgan fingerprint density at radius 1 is 0.463 bits per heavy atom. The molecule has 0 aliphatic heterocycles. The van der Waals surface area contributed by atoms with Gasteiger partial charge >= 0.3 is 0 Å². The van der Waals surface area contributed by atoms with Crippen molar-refractivity contribution in [2.75, 3.05) is 9.80 Å². The summed E-state index contributed by atoms with van der Waals surface area (Å²) >= 11 is 0. The van der Waals surface area contributed by atoms with Crippen LogP contribution in [0.5, 0.6) is 0 Å². The average Bonchev–Trinajstić information content (AvgIpc) is 3.76. The molecule has 0 spiro atoms. The van der Waals surface area contributed by atoms with Gasteiger partial charge in [-0.25, -0.2) is 4.98 Å². The van der Waals surface area contributed by atoms with Crippen LogP contribution in [0.15, 0.2) is 192 Å². The van der Waals surface area contributed by atoms with E-state index in [1.54, 1.807) is 0 Å². The first-order valence-corrected chi connectivity index (χ1v) is 18.5. The molecular formula is C50H37N3O. The van der Waals surface area contributed by atoms with Crippen molar-refractivity contribution in [3.8, 4) is 22.6 Å². The van der Waals surface area contributed by atoms with Gasteiger partial charge in [0, 0.05) is 33.6 Å². The highest BCUT2D eigenvalue weighted by Gasteiger charge is 2.38. The van der Waals surface area contributed by atoms with Crippen molar-refractivity contribution >= 4 is 56.0 Å². The number of fused-ring (bicyclic) bond motifs is 5. The Bertz CT molecular complexity index is 2810. The third-order valence-corrected chi connectivity index (χ3v) is 10.8. The van der Waals surface area contributed by atoms with Gasteiger partial charge in [0.05, 0.1) is 17.1 Å². The summed E-state index contributed by atoms with van der Waals surface area (Å²) in [5.41, 5.74) is 13.5. The standard InChI is InChI=1S/C50H37N3O/c1-50(2)42-26-15-14-25-41(42)47-43(50)27-16-28-45(47)53(38-23-10-5-11-24-38)46-33-40(32-44-48(46)54-49(51-44)35-18-6-3-7-19-35)52(37-21-8-4-9-22-37)39-30-29-34-17-12-13-20-36(34)31-39/h3-33H,1-2H3. The second-order valence-electron chi connectivity index (χ2n) is 14.4. The zero-order valence-corrected chi connectivity index (χ0v) is 30.1. The van der Waals surface area contributed by atoms with E-state index in [1.165, 1.54) is 33.0 Å². The van der Waals surface area contributed by atoms with Gasteiger partial charge in [0.25, 0.3) is 0 Å². The second kappa shape index (κ2) is 12.6. The van der Waals surface area contributed by atoms with Crippen LogP contribution in [0, 0.1) is 0 Å². The van der Waals surface area contributed by atoms with Crippen molar-refractivity contribution in [3.63, 3.8) is 0 Å². The van der Waals surface area contributed by atoms with E-state index in [4.69, 9.17) is 9.40 Å². The average molecular weight is 696 g/mol. The van der Waals surface area contributed by atoms with Crippen molar-refractivity contribution in [1.82, 2.24) is 4.98 Å². The Labute approximate surface area is 315 Å². The van der Waals surface area contributed by atoms with Crippen LogP contribution in [0.1, 0.15) is 25.0 Å². The maximum absolute atomic E-state index is 6.87. The Morgan fingerprint density at radius 2 is 1.09 bits per heavy atom. The molecule has 0 atom stereocenters. The lowest BCUT2D eigenvalue weighted by atomic mass is 9.82. The highest BCUT2D eigenvalue weighted by molar-refractivity contribution is 6.03. The Hall–Kier alpha value is -6.91.